The van der Waals surface area contributed by atoms with Gasteiger partial charge in [0.2, 0.25) is 0 Å². The average molecular weight is 287 g/mol. The van der Waals surface area contributed by atoms with E-state index < -0.39 is 0 Å². The molecule has 110 valence electrons. The molecular formula is C21H21N. The maximum Gasteiger partial charge on any atom is 0.0337 e. The van der Waals surface area contributed by atoms with E-state index in [-0.39, 0.29) is 0 Å². The Morgan fingerprint density at radius 1 is 0.545 bits per heavy atom. The number of anilines is 1. The summed E-state index contributed by atoms with van der Waals surface area (Å²) in [4.78, 5) is 0. The molecule has 22 heavy (non-hydrogen) atoms. The van der Waals surface area contributed by atoms with Crippen molar-refractivity contribution >= 4 is 5.69 Å². The molecule has 0 spiro atoms. The van der Waals surface area contributed by atoms with Crippen LogP contribution in [0.25, 0.3) is 22.3 Å². The molecule has 3 rings (SSSR count). The van der Waals surface area contributed by atoms with Crippen LogP contribution in [0.1, 0.15) is 11.1 Å². The number of benzene rings is 3. The average Bonchev–Trinajstić information content (AvgIpc) is 2.54. The second-order valence-electron chi connectivity index (χ2n) is 5.78. The smallest absolute Gasteiger partial charge is 0.0337 e. The lowest BCUT2D eigenvalue weighted by atomic mass is 9.98. The first-order chi connectivity index (χ1) is 10.7. The highest BCUT2D eigenvalue weighted by Crippen LogP contribution is 2.27. The van der Waals surface area contributed by atoms with Crippen molar-refractivity contribution in [2.45, 2.75) is 13.8 Å². The molecule has 0 bridgehead atoms. The largest absolute Gasteiger partial charge is 0.388 e. The van der Waals surface area contributed by atoms with Crippen molar-refractivity contribution in [1.82, 2.24) is 0 Å². The van der Waals surface area contributed by atoms with E-state index >= 15 is 0 Å². The zero-order chi connectivity index (χ0) is 15.5. The molecule has 3 aromatic rings. The van der Waals surface area contributed by atoms with E-state index in [1.807, 2.05) is 7.05 Å². The van der Waals surface area contributed by atoms with E-state index in [1.54, 1.807) is 0 Å². The third kappa shape index (κ3) is 3.04. The quantitative estimate of drug-likeness (QED) is 0.653. The van der Waals surface area contributed by atoms with Crippen LogP contribution in [0.2, 0.25) is 0 Å². The van der Waals surface area contributed by atoms with Gasteiger partial charge < -0.3 is 5.32 Å². The van der Waals surface area contributed by atoms with Gasteiger partial charge in [0.15, 0.2) is 0 Å². The van der Waals surface area contributed by atoms with Gasteiger partial charge in [-0.25, -0.2) is 0 Å². The summed E-state index contributed by atoms with van der Waals surface area (Å²) >= 11 is 0. The van der Waals surface area contributed by atoms with Gasteiger partial charge in [-0.3, -0.25) is 0 Å². The maximum atomic E-state index is 3.15. The van der Waals surface area contributed by atoms with E-state index in [0.29, 0.717) is 0 Å². The molecule has 0 aliphatic rings. The Morgan fingerprint density at radius 3 is 1.41 bits per heavy atom. The lowest BCUT2D eigenvalue weighted by Crippen LogP contribution is -1.87. The van der Waals surface area contributed by atoms with E-state index in [4.69, 9.17) is 0 Å². The summed E-state index contributed by atoms with van der Waals surface area (Å²) < 4.78 is 0. The first kappa shape index (κ1) is 14.4. The first-order valence-electron chi connectivity index (χ1n) is 7.62. The van der Waals surface area contributed by atoms with Gasteiger partial charge in [-0.2, -0.15) is 0 Å². The van der Waals surface area contributed by atoms with Crippen LogP contribution in [0.4, 0.5) is 5.69 Å². The fraction of sp³-hybridized carbons (Fsp3) is 0.143. The van der Waals surface area contributed by atoms with Crippen LogP contribution in [0.3, 0.4) is 0 Å². The van der Waals surface area contributed by atoms with E-state index in [2.05, 4.69) is 85.9 Å². The van der Waals surface area contributed by atoms with Crippen LogP contribution >= 0.6 is 0 Å². The lowest BCUT2D eigenvalue weighted by molar-refractivity contribution is 1.38. The van der Waals surface area contributed by atoms with Crippen molar-refractivity contribution in [3.63, 3.8) is 0 Å². The monoisotopic (exact) mass is 287 g/mol. The minimum atomic E-state index is 1.13. The van der Waals surface area contributed by atoms with Gasteiger partial charge in [-0.1, -0.05) is 65.7 Å². The molecule has 0 heterocycles. The highest BCUT2D eigenvalue weighted by molar-refractivity contribution is 5.72. The van der Waals surface area contributed by atoms with Crippen LogP contribution < -0.4 is 5.32 Å². The molecule has 0 saturated carbocycles. The van der Waals surface area contributed by atoms with Crippen LogP contribution in [0, 0.1) is 13.8 Å². The minimum Gasteiger partial charge on any atom is -0.388 e. The standard InChI is InChI=1S/C21H21N/c1-15-12-16(2)14-20(13-15)19-6-4-17(5-7-19)18-8-10-21(22-3)11-9-18/h4-14,22H,1-3H3. The molecule has 0 radical (unpaired) electrons. The van der Waals surface area contributed by atoms with Crippen molar-refractivity contribution in [2.24, 2.45) is 0 Å². The Hall–Kier alpha value is -2.54. The molecular weight excluding hydrogens is 266 g/mol. The van der Waals surface area contributed by atoms with Gasteiger partial charge >= 0.3 is 0 Å². The Bertz CT molecular complexity index is 748. The zero-order valence-electron chi connectivity index (χ0n) is 13.4. The number of rotatable bonds is 3. The summed E-state index contributed by atoms with van der Waals surface area (Å²) in [6.07, 6.45) is 0. The topological polar surface area (TPSA) is 12.0 Å². The van der Waals surface area contributed by atoms with E-state index in [1.165, 1.54) is 33.4 Å². The SMILES string of the molecule is CNc1ccc(-c2ccc(-c3cc(C)cc(C)c3)cc2)cc1. The first-order valence-corrected chi connectivity index (χ1v) is 7.62. The van der Waals surface area contributed by atoms with Crippen LogP contribution in [0.15, 0.2) is 66.7 Å². The van der Waals surface area contributed by atoms with E-state index in [0.717, 1.165) is 5.69 Å². The molecule has 0 fully saturated rings. The predicted molar refractivity (Wildman–Crippen MR) is 96.3 cm³/mol. The molecule has 0 unspecified atom stereocenters. The summed E-state index contributed by atoms with van der Waals surface area (Å²) in [6.45, 7) is 4.29. The highest BCUT2D eigenvalue weighted by Gasteiger charge is 2.02. The van der Waals surface area contributed by atoms with Gasteiger partial charge in [-0.05, 0) is 48.2 Å². The van der Waals surface area contributed by atoms with Crippen LogP contribution in [-0.2, 0) is 0 Å². The fourth-order valence-corrected chi connectivity index (χ4v) is 2.83. The molecule has 0 aliphatic heterocycles. The van der Waals surface area contributed by atoms with Crippen molar-refractivity contribution in [3.8, 4) is 22.3 Å². The van der Waals surface area contributed by atoms with Gasteiger partial charge in [0.05, 0.1) is 0 Å². The molecule has 0 amide bonds. The molecule has 0 saturated heterocycles. The summed E-state index contributed by atoms with van der Waals surface area (Å²) in [5, 5.41) is 3.15. The zero-order valence-corrected chi connectivity index (χ0v) is 13.4. The second kappa shape index (κ2) is 6.07. The van der Waals surface area contributed by atoms with Crippen molar-refractivity contribution in [3.05, 3.63) is 77.9 Å². The van der Waals surface area contributed by atoms with Gasteiger partial charge in [0.1, 0.15) is 0 Å². The third-order valence-corrected chi connectivity index (χ3v) is 3.95. The molecule has 1 N–H and O–H groups in total. The maximum absolute atomic E-state index is 3.15. The normalized spacial score (nSPS) is 10.5. The van der Waals surface area contributed by atoms with Gasteiger partial charge in [0, 0.05) is 12.7 Å². The fourth-order valence-electron chi connectivity index (χ4n) is 2.83. The van der Waals surface area contributed by atoms with Crippen molar-refractivity contribution < 1.29 is 0 Å². The number of aryl methyl sites for hydroxylation is 2. The Labute approximate surface area is 132 Å². The van der Waals surface area contributed by atoms with Crippen LogP contribution in [-0.4, -0.2) is 7.05 Å². The predicted octanol–water partition coefficient (Wildman–Crippen LogP) is 5.68. The van der Waals surface area contributed by atoms with Crippen LogP contribution in [0.5, 0.6) is 0 Å². The minimum absolute atomic E-state index is 1.13. The molecule has 0 atom stereocenters. The molecule has 3 aromatic carbocycles. The van der Waals surface area contributed by atoms with E-state index in [9.17, 15) is 0 Å². The molecule has 0 aromatic heterocycles. The number of hydrogen-bond donors (Lipinski definition) is 1. The third-order valence-electron chi connectivity index (χ3n) is 3.95. The number of hydrogen-bond acceptors (Lipinski definition) is 1. The Morgan fingerprint density at radius 2 is 0.955 bits per heavy atom. The Balaban J connectivity index is 1.91. The van der Waals surface area contributed by atoms with Crippen molar-refractivity contribution in [2.75, 3.05) is 12.4 Å². The second-order valence-corrected chi connectivity index (χ2v) is 5.78. The lowest BCUT2D eigenvalue weighted by Gasteiger charge is -2.08. The molecule has 1 nitrogen and oxygen atoms in total. The summed E-state index contributed by atoms with van der Waals surface area (Å²) in [5.74, 6) is 0. The summed E-state index contributed by atoms with van der Waals surface area (Å²) in [6, 6.07) is 24.0. The van der Waals surface area contributed by atoms with Crippen molar-refractivity contribution in [1.29, 1.82) is 0 Å². The summed E-state index contributed by atoms with van der Waals surface area (Å²) in [7, 11) is 1.94. The molecule has 1 heteroatoms. The molecule has 0 aliphatic carbocycles. The van der Waals surface area contributed by atoms with Gasteiger partial charge in [0.25, 0.3) is 0 Å². The number of nitrogens with one attached hydrogen (secondary N) is 1. The van der Waals surface area contributed by atoms with Gasteiger partial charge in [-0.15, -0.1) is 0 Å². The summed E-state index contributed by atoms with van der Waals surface area (Å²) in [5.41, 5.74) is 8.79. The Kier molecular flexibility index (Phi) is 3.97. The highest BCUT2D eigenvalue weighted by atomic mass is 14.8.